The Morgan fingerprint density at radius 3 is 2.86 bits per heavy atom. The number of ether oxygens (including phenoxy) is 1. The third-order valence-electron chi connectivity index (χ3n) is 5.03. The van der Waals surface area contributed by atoms with Gasteiger partial charge in [-0.2, -0.15) is 0 Å². The van der Waals surface area contributed by atoms with Crippen LogP contribution in [-0.2, 0) is 0 Å². The van der Waals surface area contributed by atoms with Crippen LogP contribution in [0.15, 0.2) is 42.6 Å². The number of hydrogen-bond acceptors (Lipinski definition) is 5. The molecule has 0 aliphatic heterocycles. The van der Waals surface area contributed by atoms with Gasteiger partial charge in [0.15, 0.2) is 5.65 Å². The number of benzene rings is 1. The van der Waals surface area contributed by atoms with Crippen molar-refractivity contribution in [1.29, 1.82) is 0 Å². The summed E-state index contributed by atoms with van der Waals surface area (Å²) in [7, 11) is 0. The van der Waals surface area contributed by atoms with Crippen molar-refractivity contribution in [1.82, 2.24) is 19.9 Å². The molecule has 2 N–H and O–H groups in total. The number of fused-ring (bicyclic) bond motifs is 1. The van der Waals surface area contributed by atoms with Crippen LogP contribution in [0.4, 0.5) is 0 Å². The number of imidazole rings is 1. The second-order valence-corrected chi connectivity index (χ2v) is 7.07. The van der Waals surface area contributed by atoms with Gasteiger partial charge in [0, 0.05) is 23.7 Å². The van der Waals surface area contributed by atoms with Crippen LogP contribution in [0.3, 0.4) is 0 Å². The topological polar surface area (TPSA) is 88.8 Å². The van der Waals surface area contributed by atoms with E-state index < -0.39 is 0 Å². The van der Waals surface area contributed by atoms with Crippen LogP contribution in [0.2, 0.25) is 0 Å². The minimum absolute atomic E-state index is 0.0707. The molecular formula is C21H24N4O3. The molecule has 1 aliphatic rings. The molecule has 3 aromatic rings. The molecule has 0 radical (unpaired) electrons. The molecule has 2 aromatic heterocycles. The number of nitrogens with zero attached hydrogens (tertiary/aromatic N) is 3. The maximum absolute atomic E-state index is 12.1. The third kappa shape index (κ3) is 3.84. The number of hydrogen-bond donors (Lipinski definition) is 2. The number of carbonyl (C=O) groups excluding carboxylic acids is 1. The lowest BCUT2D eigenvalue weighted by molar-refractivity contribution is 0.0637. The smallest absolute Gasteiger partial charge is 0.251 e. The van der Waals surface area contributed by atoms with Gasteiger partial charge in [-0.3, -0.25) is 4.79 Å². The summed E-state index contributed by atoms with van der Waals surface area (Å²) in [4.78, 5) is 16.6. The molecule has 1 aliphatic carbocycles. The van der Waals surface area contributed by atoms with E-state index in [1.807, 2.05) is 37.3 Å². The molecule has 0 bridgehead atoms. The second kappa shape index (κ2) is 7.98. The Morgan fingerprint density at radius 2 is 2.07 bits per heavy atom. The minimum atomic E-state index is -0.215. The van der Waals surface area contributed by atoms with Gasteiger partial charge in [-0.15, -0.1) is 5.10 Å². The summed E-state index contributed by atoms with van der Waals surface area (Å²) < 4.78 is 7.77. The van der Waals surface area contributed by atoms with Gasteiger partial charge in [0.2, 0.25) is 5.88 Å². The fourth-order valence-corrected chi connectivity index (χ4v) is 3.53. The van der Waals surface area contributed by atoms with Crippen LogP contribution in [-0.4, -0.2) is 44.4 Å². The Morgan fingerprint density at radius 1 is 1.25 bits per heavy atom. The molecule has 146 valence electrons. The summed E-state index contributed by atoms with van der Waals surface area (Å²) in [6.45, 7) is 2.48. The summed E-state index contributed by atoms with van der Waals surface area (Å²) in [5.41, 5.74) is 2.97. The average Bonchev–Trinajstić information content (AvgIpc) is 3.13. The first-order valence-electron chi connectivity index (χ1n) is 9.72. The van der Waals surface area contributed by atoms with Crippen molar-refractivity contribution < 1.29 is 14.6 Å². The van der Waals surface area contributed by atoms with Crippen molar-refractivity contribution in [3.05, 3.63) is 48.2 Å². The fraction of sp³-hybridized carbons (Fsp3) is 0.381. The largest absolute Gasteiger partial charge is 0.473 e. The quantitative estimate of drug-likeness (QED) is 0.711. The predicted molar refractivity (Wildman–Crippen MR) is 105 cm³/mol. The number of amides is 1. The van der Waals surface area contributed by atoms with Crippen molar-refractivity contribution in [3.8, 4) is 17.1 Å². The molecule has 7 heteroatoms. The second-order valence-electron chi connectivity index (χ2n) is 7.07. The standard InChI is InChI=1S/C21H24N4O3/c1-2-22-21(27)15-5-3-4-14(12-15)18-13-23-19-10-11-20(24-25(18)19)28-17-8-6-16(26)7-9-17/h3-5,10-13,16-17,26H,2,6-9H2,1H3,(H,22,27). The highest BCUT2D eigenvalue weighted by atomic mass is 16.5. The van der Waals surface area contributed by atoms with Gasteiger partial charge in [0.1, 0.15) is 6.10 Å². The molecule has 1 saturated carbocycles. The maximum Gasteiger partial charge on any atom is 0.251 e. The number of nitrogens with one attached hydrogen (secondary N) is 1. The van der Waals surface area contributed by atoms with Gasteiger partial charge in [0.25, 0.3) is 5.91 Å². The van der Waals surface area contributed by atoms with Crippen LogP contribution >= 0.6 is 0 Å². The molecular weight excluding hydrogens is 356 g/mol. The molecule has 28 heavy (non-hydrogen) atoms. The Balaban J connectivity index is 1.61. The predicted octanol–water partition coefficient (Wildman–Crippen LogP) is 2.83. The highest BCUT2D eigenvalue weighted by Gasteiger charge is 2.21. The Hall–Kier alpha value is -2.93. The first-order chi connectivity index (χ1) is 13.6. The SMILES string of the molecule is CCNC(=O)c1cccc(-c2cnc3ccc(OC4CCC(O)CC4)nn23)c1. The monoisotopic (exact) mass is 380 g/mol. The molecule has 0 spiro atoms. The van der Waals surface area contributed by atoms with Gasteiger partial charge >= 0.3 is 0 Å². The first-order valence-corrected chi connectivity index (χ1v) is 9.72. The van der Waals surface area contributed by atoms with Gasteiger partial charge in [-0.1, -0.05) is 12.1 Å². The Kier molecular flexibility index (Phi) is 5.25. The molecule has 0 atom stereocenters. The fourth-order valence-electron chi connectivity index (χ4n) is 3.53. The number of carbonyl (C=O) groups is 1. The summed E-state index contributed by atoms with van der Waals surface area (Å²) >= 11 is 0. The normalized spacial score (nSPS) is 19.5. The van der Waals surface area contributed by atoms with Gasteiger partial charge < -0.3 is 15.2 Å². The first kappa shape index (κ1) is 18.4. The minimum Gasteiger partial charge on any atom is -0.473 e. The molecule has 0 unspecified atom stereocenters. The van der Waals surface area contributed by atoms with Crippen molar-refractivity contribution in [2.75, 3.05) is 6.54 Å². The zero-order chi connectivity index (χ0) is 19.5. The van der Waals surface area contributed by atoms with E-state index >= 15 is 0 Å². The molecule has 1 aromatic carbocycles. The molecule has 2 heterocycles. The van der Waals surface area contributed by atoms with Crippen molar-refractivity contribution >= 4 is 11.6 Å². The van der Waals surface area contributed by atoms with Crippen LogP contribution in [0, 0.1) is 0 Å². The van der Waals surface area contributed by atoms with E-state index in [1.54, 1.807) is 16.8 Å². The lowest BCUT2D eigenvalue weighted by Gasteiger charge is -2.25. The summed E-state index contributed by atoms with van der Waals surface area (Å²) in [5.74, 6) is 0.433. The number of aliphatic hydroxyl groups excluding tert-OH is 1. The zero-order valence-electron chi connectivity index (χ0n) is 15.8. The van der Waals surface area contributed by atoms with E-state index in [0.29, 0.717) is 23.6 Å². The highest BCUT2D eigenvalue weighted by molar-refractivity contribution is 5.95. The van der Waals surface area contributed by atoms with E-state index in [-0.39, 0.29) is 18.1 Å². The van der Waals surface area contributed by atoms with E-state index in [1.165, 1.54) is 0 Å². The lowest BCUT2D eigenvalue weighted by atomic mass is 9.95. The maximum atomic E-state index is 12.1. The van der Waals surface area contributed by atoms with Gasteiger partial charge in [-0.25, -0.2) is 9.50 Å². The van der Waals surface area contributed by atoms with Crippen LogP contribution in [0.25, 0.3) is 16.9 Å². The number of rotatable bonds is 5. The van der Waals surface area contributed by atoms with Crippen molar-refractivity contribution in [2.24, 2.45) is 0 Å². The Labute approximate surface area is 163 Å². The molecule has 7 nitrogen and oxygen atoms in total. The van der Waals surface area contributed by atoms with Gasteiger partial charge in [-0.05, 0) is 50.8 Å². The Bertz CT molecular complexity index is 977. The van der Waals surface area contributed by atoms with Crippen molar-refractivity contribution in [3.63, 3.8) is 0 Å². The van der Waals surface area contributed by atoms with Crippen molar-refractivity contribution in [2.45, 2.75) is 44.8 Å². The summed E-state index contributed by atoms with van der Waals surface area (Å²) in [5, 5.41) is 17.1. The van der Waals surface area contributed by atoms with Gasteiger partial charge in [0.05, 0.1) is 18.0 Å². The van der Waals surface area contributed by atoms with E-state index in [4.69, 9.17) is 4.74 Å². The molecule has 4 rings (SSSR count). The molecule has 1 amide bonds. The average molecular weight is 380 g/mol. The van der Waals surface area contributed by atoms with E-state index in [0.717, 1.165) is 36.9 Å². The lowest BCUT2D eigenvalue weighted by Crippen LogP contribution is -2.26. The number of aromatic nitrogens is 3. The van der Waals surface area contributed by atoms with Crippen LogP contribution in [0.5, 0.6) is 5.88 Å². The highest BCUT2D eigenvalue weighted by Crippen LogP contribution is 2.25. The molecule has 0 saturated heterocycles. The molecule has 1 fully saturated rings. The number of aliphatic hydroxyl groups is 1. The zero-order valence-corrected chi connectivity index (χ0v) is 15.8. The summed E-state index contributed by atoms with van der Waals surface area (Å²) in [6, 6.07) is 11.1. The van der Waals surface area contributed by atoms with E-state index in [2.05, 4.69) is 15.4 Å². The summed E-state index contributed by atoms with van der Waals surface area (Å²) in [6.07, 6.45) is 4.78. The van der Waals surface area contributed by atoms with E-state index in [9.17, 15) is 9.90 Å². The van der Waals surface area contributed by atoms with Crippen LogP contribution < -0.4 is 10.1 Å². The van der Waals surface area contributed by atoms with Crippen LogP contribution in [0.1, 0.15) is 43.0 Å². The third-order valence-corrected chi connectivity index (χ3v) is 5.03.